The minimum Gasteiger partial charge on any atom is -0.493 e. The number of benzene rings is 1. The number of aliphatic carboxylic acids is 1. The van der Waals surface area contributed by atoms with E-state index in [0.29, 0.717) is 42.3 Å². The molecule has 2 bridgehead atoms. The van der Waals surface area contributed by atoms with Gasteiger partial charge in [0.05, 0.1) is 19.9 Å². The molecule has 0 radical (unpaired) electrons. The molecule has 5 rings (SSSR count). The zero-order valence-electron chi connectivity index (χ0n) is 20.6. The summed E-state index contributed by atoms with van der Waals surface area (Å²) in [6.07, 6.45) is 2.77. The van der Waals surface area contributed by atoms with E-state index in [2.05, 4.69) is 21.3 Å². The van der Waals surface area contributed by atoms with Gasteiger partial charge in [0.1, 0.15) is 5.82 Å². The van der Waals surface area contributed by atoms with Crippen LogP contribution in [-0.4, -0.2) is 71.7 Å². The third-order valence-electron chi connectivity index (χ3n) is 7.12. The first-order chi connectivity index (χ1) is 16.9. The smallest absolute Gasteiger partial charge is 0.303 e. The zero-order chi connectivity index (χ0) is 24.9. The lowest BCUT2D eigenvalue weighted by molar-refractivity contribution is -0.137. The van der Waals surface area contributed by atoms with E-state index in [9.17, 15) is 9.59 Å². The Morgan fingerprint density at radius 1 is 1.14 bits per heavy atom. The van der Waals surface area contributed by atoms with Crippen LogP contribution in [0.2, 0.25) is 0 Å². The Hall–Kier alpha value is -3.20. The fraction of sp³-hybridized carbons (Fsp3) is 0.538. The molecule has 1 amide bonds. The molecule has 9 nitrogen and oxygen atoms in total. The van der Waals surface area contributed by atoms with Crippen molar-refractivity contribution in [2.24, 2.45) is 5.92 Å². The second-order valence-electron chi connectivity index (χ2n) is 9.39. The quantitative estimate of drug-likeness (QED) is 0.531. The number of aromatic nitrogens is 2. The van der Waals surface area contributed by atoms with Crippen LogP contribution in [0.4, 0.5) is 0 Å². The van der Waals surface area contributed by atoms with Crippen LogP contribution < -0.4 is 14.8 Å². The van der Waals surface area contributed by atoms with Gasteiger partial charge in [-0.3, -0.25) is 14.5 Å². The molecule has 0 saturated carbocycles. The lowest BCUT2D eigenvalue weighted by Crippen LogP contribution is -2.56. The van der Waals surface area contributed by atoms with Crippen LogP contribution in [-0.2, 0) is 9.59 Å². The molecule has 2 N–H and O–H groups in total. The summed E-state index contributed by atoms with van der Waals surface area (Å²) < 4.78 is 10.8. The van der Waals surface area contributed by atoms with E-state index in [1.54, 1.807) is 14.2 Å². The maximum absolute atomic E-state index is 12.1. The van der Waals surface area contributed by atoms with Gasteiger partial charge in [0.2, 0.25) is 5.91 Å². The second kappa shape index (κ2) is 11.0. The minimum atomic E-state index is -0.867. The Bertz CT molecular complexity index is 1080. The number of amides is 1. The standard InChI is InChI=1S/C26H34N4O5/c1-16-28-21(18-7-8-23(34-2)24(12-18)35-3)13-22(29-16)20-15-30-10-9-17(20)11-19(30)14-27-25(31)5-4-6-26(32)33/h7-8,12-13,17,19-20H,4-6,9-11,14-15H2,1-3H3,(H,27,31)(H,32,33)/t17-,19+,20+/m0/s1. The maximum Gasteiger partial charge on any atom is 0.303 e. The summed E-state index contributed by atoms with van der Waals surface area (Å²) in [5, 5.41) is 11.7. The van der Waals surface area contributed by atoms with E-state index in [1.807, 2.05) is 25.1 Å². The average molecular weight is 483 g/mol. The van der Waals surface area contributed by atoms with Gasteiger partial charge in [-0.2, -0.15) is 0 Å². The van der Waals surface area contributed by atoms with Crippen molar-refractivity contribution >= 4 is 11.9 Å². The molecule has 3 aliphatic heterocycles. The van der Waals surface area contributed by atoms with Crippen molar-refractivity contribution in [3.63, 3.8) is 0 Å². The van der Waals surface area contributed by atoms with Gasteiger partial charge in [-0.1, -0.05) is 0 Å². The van der Waals surface area contributed by atoms with Crippen LogP contribution >= 0.6 is 0 Å². The molecule has 1 aromatic heterocycles. The second-order valence-corrected chi connectivity index (χ2v) is 9.39. The fourth-order valence-electron chi connectivity index (χ4n) is 5.33. The number of piperidine rings is 3. The summed E-state index contributed by atoms with van der Waals surface area (Å²) in [7, 11) is 3.25. The molecule has 9 heteroatoms. The van der Waals surface area contributed by atoms with E-state index in [0.717, 1.165) is 48.7 Å². The molecule has 4 heterocycles. The van der Waals surface area contributed by atoms with E-state index < -0.39 is 5.97 Å². The first-order valence-electron chi connectivity index (χ1n) is 12.2. The van der Waals surface area contributed by atoms with Gasteiger partial charge < -0.3 is 19.9 Å². The van der Waals surface area contributed by atoms with Crippen LogP contribution in [0.3, 0.4) is 0 Å². The summed E-state index contributed by atoms with van der Waals surface area (Å²) in [5.41, 5.74) is 2.89. The predicted octanol–water partition coefficient (Wildman–Crippen LogP) is 3.02. The number of carboxylic acid groups (broad SMARTS) is 1. The van der Waals surface area contributed by atoms with E-state index in [-0.39, 0.29) is 18.7 Å². The number of nitrogens with one attached hydrogen (secondary N) is 1. The summed E-state index contributed by atoms with van der Waals surface area (Å²) in [6.45, 7) is 4.46. The van der Waals surface area contributed by atoms with Crippen molar-refractivity contribution in [3.8, 4) is 22.8 Å². The number of ether oxygens (including phenoxy) is 2. The van der Waals surface area contributed by atoms with E-state index in [4.69, 9.17) is 19.6 Å². The number of carbonyl (C=O) groups is 2. The van der Waals surface area contributed by atoms with Gasteiger partial charge in [0, 0.05) is 49.1 Å². The van der Waals surface area contributed by atoms with Crippen LogP contribution in [0.25, 0.3) is 11.3 Å². The number of hydrogen-bond acceptors (Lipinski definition) is 7. The number of methoxy groups -OCH3 is 2. The van der Waals surface area contributed by atoms with Gasteiger partial charge in [0.15, 0.2) is 11.5 Å². The third kappa shape index (κ3) is 5.90. The molecule has 0 aliphatic carbocycles. The summed E-state index contributed by atoms with van der Waals surface area (Å²) in [4.78, 5) is 34.7. The van der Waals surface area contributed by atoms with Crippen LogP contribution in [0, 0.1) is 12.8 Å². The molecule has 1 unspecified atom stereocenters. The van der Waals surface area contributed by atoms with Crippen LogP contribution in [0.15, 0.2) is 24.3 Å². The highest BCUT2D eigenvalue weighted by Gasteiger charge is 2.41. The van der Waals surface area contributed by atoms with Gasteiger partial charge in [-0.15, -0.1) is 0 Å². The summed E-state index contributed by atoms with van der Waals surface area (Å²) in [6, 6.07) is 8.22. The minimum absolute atomic E-state index is 0.0242. The number of carboxylic acids is 1. The molecular formula is C26H34N4O5. The number of hydrogen-bond donors (Lipinski definition) is 2. The molecule has 1 aromatic carbocycles. The van der Waals surface area contributed by atoms with E-state index in [1.165, 1.54) is 0 Å². The van der Waals surface area contributed by atoms with Gasteiger partial charge in [0.25, 0.3) is 0 Å². The normalized spacial score (nSPS) is 23.1. The zero-order valence-corrected chi connectivity index (χ0v) is 20.6. The Morgan fingerprint density at radius 3 is 2.63 bits per heavy atom. The Labute approximate surface area is 205 Å². The van der Waals surface area contributed by atoms with Crippen molar-refractivity contribution in [1.82, 2.24) is 20.2 Å². The van der Waals surface area contributed by atoms with Crippen LogP contribution in [0.5, 0.6) is 11.5 Å². The van der Waals surface area contributed by atoms with Crippen LogP contribution in [0.1, 0.15) is 49.5 Å². The van der Waals surface area contributed by atoms with Crippen molar-refractivity contribution in [1.29, 1.82) is 0 Å². The SMILES string of the molecule is COc1ccc(-c2cc([C@@H]3CN4CC[C@H]3C[C@@H]4CNC(=O)CCCC(=O)O)nc(C)n2)cc1OC. The average Bonchev–Trinajstić information content (AvgIpc) is 2.86. The number of rotatable bonds is 10. The molecule has 188 valence electrons. The summed E-state index contributed by atoms with van der Waals surface area (Å²) in [5.74, 6) is 1.98. The Kier molecular flexibility index (Phi) is 7.85. The number of carbonyl (C=O) groups excluding carboxylic acids is 1. The monoisotopic (exact) mass is 482 g/mol. The number of nitrogens with zero attached hydrogens (tertiary/aromatic N) is 3. The van der Waals surface area contributed by atoms with Crippen molar-refractivity contribution in [2.45, 2.75) is 51.0 Å². The largest absolute Gasteiger partial charge is 0.493 e. The lowest BCUT2D eigenvalue weighted by atomic mass is 9.74. The lowest BCUT2D eigenvalue weighted by Gasteiger charge is -2.49. The van der Waals surface area contributed by atoms with Crippen molar-refractivity contribution in [3.05, 3.63) is 35.8 Å². The van der Waals surface area contributed by atoms with Crippen molar-refractivity contribution in [2.75, 3.05) is 33.9 Å². The Balaban J connectivity index is 1.43. The molecule has 3 aliphatic rings. The van der Waals surface area contributed by atoms with Gasteiger partial charge in [-0.05, 0) is 62.9 Å². The first-order valence-corrected chi connectivity index (χ1v) is 12.2. The fourth-order valence-corrected chi connectivity index (χ4v) is 5.33. The highest BCUT2D eigenvalue weighted by Crippen LogP contribution is 2.42. The van der Waals surface area contributed by atoms with Crippen molar-refractivity contribution < 1.29 is 24.2 Å². The molecule has 4 atom stereocenters. The molecule has 3 saturated heterocycles. The highest BCUT2D eigenvalue weighted by molar-refractivity contribution is 5.76. The topological polar surface area (TPSA) is 114 Å². The third-order valence-corrected chi connectivity index (χ3v) is 7.12. The van der Waals surface area contributed by atoms with E-state index >= 15 is 0 Å². The highest BCUT2D eigenvalue weighted by atomic mass is 16.5. The first kappa shape index (κ1) is 24.9. The predicted molar refractivity (Wildman–Crippen MR) is 131 cm³/mol. The number of fused-ring (bicyclic) bond motifs is 3. The van der Waals surface area contributed by atoms with Gasteiger partial charge >= 0.3 is 5.97 Å². The van der Waals surface area contributed by atoms with Gasteiger partial charge in [-0.25, -0.2) is 9.97 Å². The molecule has 35 heavy (non-hydrogen) atoms. The summed E-state index contributed by atoms with van der Waals surface area (Å²) >= 11 is 0. The maximum atomic E-state index is 12.1. The molecule has 3 fully saturated rings. The Morgan fingerprint density at radius 2 is 1.94 bits per heavy atom. The number of aryl methyl sites for hydroxylation is 1. The molecule has 2 aromatic rings. The molecule has 0 spiro atoms. The molecular weight excluding hydrogens is 448 g/mol.